The van der Waals surface area contributed by atoms with E-state index in [2.05, 4.69) is 5.32 Å². The first-order chi connectivity index (χ1) is 14.2. The number of fused-ring (bicyclic) bond motifs is 1. The Morgan fingerprint density at radius 3 is 2.55 bits per heavy atom. The van der Waals surface area contributed by atoms with Crippen LogP contribution < -0.4 is 14.8 Å². The van der Waals surface area contributed by atoms with Crippen molar-refractivity contribution in [2.45, 2.75) is 6.42 Å². The van der Waals surface area contributed by atoms with E-state index in [4.69, 9.17) is 14.2 Å². The van der Waals surface area contributed by atoms with Gasteiger partial charge in [0.15, 0.2) is 11.5 Å². The van der Waals surface area contributed by atoms with E-state index in [1.807, 2.05) is 35.2 Å². The predicted molar refractivity (Wildman–Crippen MR) is 108 cm³/mol. The maximum absolute atomic E-state index is 12.3. The maximum atomic E-state index is 12.3. The number of carbonyl (C=O) groups is 2. The van der Waals surface area contributed by atoms with E-state index in [-0.39, 0.29) is 18.6 Å². The third kappa shape index (κ3) is 4.94. The molecule has 2 aromatic rings. The van der Waals surface area contributed by atoms with Crippen LogP contribution in [0.1, 0.15) is 11.1 Å². The fraction of sp³-hybridized carbons (Fsp3) is 0.273. The van der Waals surface area contributed by atoms with Gasteiger partial charge in [-0.25, -0.2) is 0 Å². The van der Waals surface area contributed by atoms with Crippen molar-refractivity contribution >= 4 is 23.6 Å². The molecule has 2 amide bonds. The third-order valence-corrected chi connectivity index (χ3v) is 4.76. The second kappa shape index (κ2) is 8.79. The number of benzene rings is 2. The Balaban J connectivity index is 1.30. The third-order valence-electron chi connectivity index (χ3n) is 4.76. The number of morpholine rings is 1. The zero-order chi connectivity index (χ0) is 20.1. The van der Waals surface area contributed by atoms with Crippen LogP contribution in [0.25, 0.3) is 6.08 Å². The predicted octanol–water partition coefficient (Wildman–Crippen LogP) is 2.47. The Hall–Kier alpha value is -3.32. The smallest absolute Gasteiger partial charge is 0.248 e. The maximum Gasteiger partial charge on any atom is 0.248 e. The lowest BCUT2D eigenvalue weighted by Gasteiger charge is -2.26. The lowest BCUT2D eigenvalue weighted by Crippen LogP contribution is -2.41. The van der Waals surface area contributed by atoms with Crippen LogP contribution in [0.3, 0.4) is 0 Å². The normalized spacial score (nSPS) is 15.5. The summed E-state index contributed by atoms with van der Waals surface area (Å²) < 4.78 is 15.9. The number of rotatable bonds is 5. The van der Waals surface area contributed by atoms with Crippen molar-refractivity contribution in [3.05, 3.63) is 59.7 Å². The average molecular weight is 394 g/mol. The SMILES string of the molecule is O=C(/C=C/c1ccc2c(c1)OCO2)Nc1ccc(CC(=O)N2CCOCC2)cc1. The van der Waals surface area contributed by atoms with E-state index in [1.54, 1.807) is 18.2 Å². The van der Waals surface area contributed by atoms with Gasteiger partial charge in [0.2, 0.25) is 18.6 Å². The average Bonchev–Trinajstić information content (AvgIpc) is 3.22. The van der Waals surface area contributed by atoms with Gasteiger partial charge in [0.1, 0.15) is 0 Å². The lowest BCUT2D eigenvalue weighted by molar-refractivity contribution is -0.134. The van der Waals surface area contributed by atoms with Crippen LogP contribution in [-0.2, 0) is 20.7 Å². The van der Waals surface area contributed by atoms with Crippen LogP contribution in [-0.4, -0.2) is 49.8 Å². The van der Waals surface area contributed by atoms with Crippen molar-refractivity contribution in [1.82, 2.24) is 4.90 Å². The van der Waals surface area contributed by atoms with Gasteiger partial charge < -0.3 is 24.4 Å². The van der Waals surface area contributed by atoms with Gasteiger partial charge in [-0.05, 0) is 41.5 Å². The number of nitrogens with one attached hydrogen (secondary N) is 1. The molecule has 1 saturated heterocycles. The molecule has 1 N–H and O–H groups in total. The highest BCUT2D eigenvalue weighted by Crippen LogP contribution is 2.32. The van der Waals surface area contributed by atoms with Crippen LogP contribution in [0.5, 0.6) is 11.5 Å². The number of nitrogens with zero attached hydrogens (tertiary/aromatic N) is 1. The Labute approximate surface area is 168 Å². The number of carbonyl (C=O) groups excluding carboxylic acids is 2. The number of hydrogen-bond donors (Lipinski definition) is 1. The Bertz CT molecular complexity index is 917. The van der Waals surface area contributed by atoms with E-state index in [9.17, 15) is 9.59 Å². The fourth-order valence-corrected chi connectivity index (χ4v) is 3.18. The molecule has 0 unspecified atom stereocenters. The quantitative estimate of drug-likeness (QED) is 0.789. The second-order valence-electron chi connectivity index (χ2n) is 6.80. The van der Waals surface area contributed by atoms with Crippen LogP contribution in [0.4, 0.5) is 5.69 Å². The summed E-state index contributed by atoms with van der Waals surface area (Å²) in [6.45, 7) is 2.69. The number of anilines is 1. The molecule has 29 heavy (non-hydrogen) atoms. The molecule has 7 heteroatoms. The monoisotopic (exact) mass is 394 g/mol. The topological polar surface area (TPSA) is 77.1 Å². The van der Waals surface area contributed by atoms with Crippen molar-refractivity contribution in [1.29, 1.82) is 0 Å². The van der Waals surface area contributed by atoms with E-state index in [1.165, 1.54) is 6.08 Å². The van der Waals surface area contributed by atoms with Crippen molar-refractivity contribution in [2.24, 2.45) is 0 Å². The van der Waals surface area contributed by atoms with Crippen molar-refractivity contribution in [2.75, 3.05) is 38.4 Å². The molecule has 0 bridgehead atoms. The Morgan fingerprint density at radius 1 is 1.00 bits per heavy atom. The molecule has 2 aromatic carbocycles. The van der Waals surface area contributed by atoms with Gasteiger partial charge in [-0.15, -0.1) is 0 Å². The Kier molecular flexibility index (Phi) is 5.76. The van der Waals surface area contributed by atoms with Gasteiger partial charge in [0.25, 0.3) is 0 Å². The molecule has 2 aliphatic heterocycles. The molecule has 7 nitrogen and oxygen atoms in total. The highest BCUT2D eigenvalue weighted by Gasteiger charge is 2.17. The van der Waals surface area contributed by atoms with Gasteiger partial charge >= 0.3 is 0 Å². The summed E-state index contributed by atoms with van der Waals surface area (Å²) in [5.41, 5.74) is 2.43. The van der Waals surface area contributed by atoms with Crippen molar-refractivity contribution in [3.8, 4) is 11.5 Å². The van der Waals surface area contributed by atoms with Gasteiger partial charge in [0.05, 0.1) is 19.6 Å². The summed E-state index contributed by atoms with van der Waals surface area (Å²) in [4.78, 5) is 26.3. The standard InChI is InChI=1S/C22H22N2O5/c25-21(8-4-16-3-7-19-20(13-16)29-15-28-19)23-18-5-1-17(2-6-18)14-22(26)24-9-11-27-12-10-24/h1-8,13H,9-12,14-15H2,(H,23,25)/b8-4+. The molecule has 150 valence electrons. The van der Waals surface area contributed by atoms with Crippen LogP contribution >= 0.6 is 0 Å². The highest BCUT2D eigenvalue weighted by molar-refractivity contribution is 6.02. The highest BCUT2D eigenvalue weighted by atomic mass is 16.7. The van der Waals surface area contributed by atoms with Gasteiger partial charge in [0, 0.05) is 24.9 Å². The Morgan fingerprint density at radius 2 is 1.76 bits per heavy atom. The molecule has 0 aliphatic carbocycles. The lowest BCUT2D eigenvalue weighted by atomic mass is 10.1. The van der Waals surface area contributed by atoms with E-state index in [0.29, 0.717) is 49.9 Å². The summed E-state index contributed by atoms with van der Waals surface area (Å²) in [6.07, 6.45) is 3.53. The molecule has 2 heterocycles. The summed E-state index contributed by atoms with van der Waals surface area (Å²) in [6, 6.07) is 12.8. The molecule has 0 radical (unpaired) electrons. The summed E-state index contributed by atoms with van der Waals surface area (Å²) in [5, 5.41) is 2.81. The zero-order valence-electron chi connectivity index (χ0n) is 15.9. The second-order valence-corrected chi connectivity index (χ2v) is 6.80. The summed E-state index contributed by atoms with van der Waals surface area (Å²) >= 11 is 0. The minimum absolute atomic E-state index is 0.0942. The van der Waals surface area contributed by atoms with Gasteiger partial charge in [-0.2, -0.15) is 0 Å². The van der Waals surface area contributed by atoms with Crippen molar-refractivity contribution < 1.29 is 23.8 Å². The molecule has 4 rings (SSSR count). The van der Waals surface area contributed by atoms with Crippen molar-refractivity contribution in [3.63, 3.8) is 0 Å². The van der Waals surface area contributed by atoms with E-state index in [0.717, 1.165) is 11.1 Å². The molecular weight excluding hydrogens is 372 g/mol. The largest absolute Gasteiger partial charge is 0.454 e. The minimum atomic E-state index is -0.236. The van der Waals surface area contributed by atoms with Crippen LogP contribution in [0, 0.1) is 0 Å². The summed E-state index contributed by atoms with van der Waals surface area (Å²) in [7, 11) is 0. The molecule has 1 fully saturated rings. The molecule has 0 saturated carbocycles. The fourth-order valence-electron chi connectivity index (χ4n) is 3.18. The number of amides is 2. The first-order valence-electron chi connectivity index (χ1n) is 9.50. The van der Waals surface area contributed by atoms with Gasteiger partial charge in [-0.3, -0.25) is 9.59 Å². The minimum Gasteiger partial charge on any atom is -0.454 e. The summed E-state index contributed by atoms with van der Waals surface area (Å²) in [5.74, 6) is 1.24. The number of ether oxygens (including phenoxy) is 3. The molecule has 0 atom stereocenters. The number of hydrogen-bond acceptors (Lipinski definition) is 5. The molecule has 0 spiro atoms. The molecule has 0 aromatic heterocycles. The molecule has 2 aliphatic rings. The van der Waals surface area contributed by atoms with Gasteiger partial charge in [-0.1, -0.05) is 18.2 Å². The van der Waals surface area contributed by atoms with Crippen LogP contribution in [0.15, 0.2) is 48.5 Å². The first kappa shape index (κ1) is 19.0. The van der Waals surface area contributed by atoms with E-state index < -0.39 is 0 Å². The molecular formula is C22H22N2O5. The first-order valence-corrected chi connectivity index (χ1v) is 9.50. The van der Waals surface area contributed by atoms with Crippen LogP contribution in [0.2, 0.25) is 0 Å². The zero-order valence-corrected chi connectivity index (χ0v) is 15.9. The van der Waals surface area contributed by atoms with E-state index >= 15 is 0 Å².